The number of rotatable bonds is 6. The van der Waals surface area contributed by atoms with Crippen molar-refractivity contribution in [1.29, 1.82) is 0 Å². The van der Waals surface area contributed by atoms with Crippen molar-refractivity contribution in [3.05, 3.63) is 65.2 Å². The van der Waals surface area contributed by atoms with Gasteiger partial charge in [-0.2, -0.15) is 0 Å². The van der Waals surface area contributed by atoms with Gasteiger partial charge in [-0.25, -0.2) is 0 Å². The number of carbonyl (C=O) groups excluding carboxylic acids is 1. The molecule has 0 aliphatic heterocycles. The first kappa shape index (κ1) is 17.7. The Bertz CT molecular complexity index is 920. The first-order valence-corrected chi connectivity index (χ1v) is 8.34. The normalized spacial score (nSPS) is 10.8. The highest BCUT2D eigenvalue weighted by Crippen LogP contribution is 2.23. The monoisotopic (exact) mass is 369 g/mol. The summed E-state index contributed by atoms with van der Waals surface area (Å²) >= 11 is 6.04. The number of halogens is 1. The first-order chi connectivity index (χ1) is 12.7. The highest BCUT2D eigenvalue weighted by Gasteiger charge is 2.10. The molecule has 0 bridgehead atoms. The van der Waals surface area contributed by atoms with Crippen LogP contribution in [0.1, 0.15) is 12.5 Å². The van der Waals surface area contributed by atoms with Gasteiger partial charge in [-0.15, -0.1) is 5.10 Å². The van der Waals surface area contributed by atoms with Crippen LogP contribution in [-0.2, 0) is 4.79 Å². The minimum absolute atomic E-state index is 0.0164. The molecule has 0 fully saturated rings. The number of benzene rings is 2. The fourth-order valence-electron chi connectivity index (χ4n) is 2.17. The van der Waals surface area contributed by atoms with Crippen molar-refractivity contribution in [2.45, 2.75) is 6.92 Å². The number of anilines is 1. The van der Waals surface area contributed by atoms with Gasteiger partial charge in [-0.1, -0.05) is 34.9 Å². The quantitative estimate of drug-likeness (QED) is 0.650. The predicted molar refractivity (Wildman–Crippen MR) is 100 cm³/mol. The van der Waals surface area contributed by atoms with Crippen LogP contribution < -0.4 is 10.1 Å². The minimum Gasteiger partial charge on any atom is -0.494 e. The zero-order chi connectivity index (χ0) is 18.4. The topological polar surface area (TPSA) is 77.3 Å². The van der Waals surface area contributed by atoms with Gasteiger partial charge >= 0.3 is 6.01 Å². The zero-order valence-corrected chi connectivity index (χ0v) is 14.7. The van der Waals surface area contributed by atoms with Crippen molar-refractivity contribution in [3.63, 3.8) is 0 Å². The standard InChI is InChI=1S/C19H16ClN3O3/c1-2-25-15-10-7-14(8-11-15)18-22-23-19(26-18)21-17(24)12-9-13-5-3-4-6-16(13)20/h3-12H,2H2,1H3,(H,21,23,24)/b12-9+. The number of ether oxygens (including phenoxy) is 1. The van der Waals surface area contributed by atoms with Crippen LogP contribution in [0.5, 0.6) is 5.75 Å². The average Bonchev–Trinajstić information content (AvgIpc) is 3.10. The van der Waals surface area contributed by atoms with Crippen LogP contribution in [0.3, 0.4) is 0 Å². The van der Waals surface area contributed by atoms with E-state index < -0.39 is 5.91 Å². The maximum Gasteiger partial charge on any atom is 0.322 e. The van der Waals surface area contributed by atoms with Crippen LogP contribution in [0.2, 0.25) is 5.02 Å². The highest BCUT2D eigenvalue weighted by molar-refractivity contribution is 6.32. The molecule has 0 saturated carbocycles. The Hall–Kier alpha value is -3.12. The van der Waals surface area contributed by atoms with Gasteiger partial charge in [0.15, 0.2) is 0 Å². The number of amides is 1. The van der Waals surface area contributed by atoms with Crippen LogP contribution >= 0.6 is 11.6 Å². The van der Waals surface area contributed by atoms with Crippen LogP contribution in [0, 0.1) is 0 Å². The molecule has 3 rings (SSSR count). The molecule has 1 aromatic heterocycles. The summed E-state index contributed by atoms with van der Waals surface area (Å²) in [5, 5.41) is 10.8. The molecule has 0 saturated heterocycles. The van der Waals surface area contributed by atoms with Gasteiger partial charge in [0, 0.05) is 16.7 Å². The number of nitrogens with zero attached hydrogens (tertiary/aromatic N) is 2. The van der Waals surface area contributed by atoms with E-state index in [0.29, 0.717) is 17.5 Å². The molecule has 1 N–H and O–H groups in total. The van der Waals surface area contributed by atoms with Crippen LogP contribution in [-0.4, -0.2) is 22.7 Å². The number of hydrogen-bond acceptors (Lipinski definition) is 5. The van der Waals surface area contributed by atoms with E-state index in [1.807, 2.05) is 37.3 Å². The first-order valence-electron chi connectivity index (χ1n) is 7.96. The van der Waals surface area contributed by atoms with Crippen LogP contribution in [0.25, 0.3) is 17.5 Å². The van der Waals surface area contributed by atoms with Gasteiger partial charge in [-0.05, 0) is 48.9 Å². The second-order valence-corrected chi connectivity index (χ2v) is 5.62. The predicted octanol–water partition coefficient (Wildman–Crippen LogP) is 4.44. The molecular formula is C19H16ClN3O3. The Morgan fingerprint density at radius 1 is 1.19 bits per heavy atom. The Balaban J connectivity index is 1.64. The fourth-order valence-corrected chi connectivity index (χ4v) is 2.37. The summed E-state index contributed by atoms with van der Waals surface area (Å²) in [6.45, 7) is 2.51. The summed E-state index contributed by atoms with van der Waals surface area (Å²) in [6.07, 6.45) is 2.96. The van der Waals surface area contributed by atoms with Crippen LogP contribution in [0.15, 0.2) is 59.0 Å². The third-order valence-electron chi connectivity index (χ3n) is 3.39. The van der Waals surface area contributed by atoms with E-state index in [0.717, 1.165) is 16.9 Å². The van der Waals surface area contributed by atoms with Gasteiger partial charge in [0.1, 0.15) is 5.75 Å². The largest absolute Gasteiger partial charge is 0.494 e. The molecule has 0 unspecified atom stereocenters. The van der Waals surface area contributed by atoms with Crippen molar-refractivity contribution < 1.29 is 13.9 Å². The van der Waals surface area contributed by atoms with Gasteiger partial charge in [0.05, 0.1) is 6.61 Å². The second-order valence-electron chi connectivity index (χ2n) is 5.21. The Kier molecular flexibility index (Phi) is 5.66. The van der Waals surface area contributed by atoms with E-state index in [4.69, 9.17) is 20.8 Å². The fraction of sp³-hybridized carbons (Fsp3) is 0.105. The molecule has 0 aliphatic carbocycles. The molecular weight excluding hydrogens is 354 g/mol. The summed E-state index contributed by atoms with van der Waals surface area (Å²) in [7, 11) is 0. The number of carbonyl (C=O) groups is 1. The molecule has 2 aromatic carbocycles. The molecule has 7 heteroatoms. The van der Waals surface area contributed by atoms with Gasteiger partial charge in [0.2, 0.25) is 5.89 Å². The maximum absolute atomic E-state index is 12.0. The van der Waals surface area contributed by atoms with E-state index in [-0.39, 0.29) is 6.01 Å². The van der Waals surface area contributed by atoms with Crippen molar-refractivity contribution in [2.75, 3.05) is 11.9 Å². The molecule has 1 heterocycles. The third kappa shape index (κ3) is 4.49. The molecule has 132 valence electrons. The van der Waals surface area contributed by atoms with E-state index >= 15 is 0 Å². The molecule has 6 nitrogen and oxygen atoms in total. The molecule has 1 amide bonds. The van der Waals surface area contributed by atoms with Crippen molar-refractivity contribution in [3.8, 4) is 17.2 Å². The van der Waals surface area contributed by atoms with E-state index in [9.17, 15) is 4.79 Å². The van der Waals surface area contributed by atoms with Gasteiger partial charge in [0.25, 0.3) is 5.91 Å². The van der Waals surface area contributed by atoms with Gasteiger partial charge in [-0.3, -0.25) is 10.1 Å². The van der Waals surface area contributed by atoms with E-state index in [2.05, 4.69) is 15.5 Å². The number of hydrogen-bond donors (Lipinski definition) is 1. The average molecular weight is 370 g/mol. The Morgan fingerprint density at radius 3 is 2.69 bits per heavy atom. The number of nitrogens with one attached hydrogen (secondary N) is 1. The summed E-state index contributed by atoms with van der Waals surface area (Å²) in [6, 6.07) is 14.5. The lowest BCUT2D eigenvalue weighted by Crippen LogP contribution is -2.07. The Morgan fingerprint density at radius 2 is 1.96 bits per heavy atom. The van der Waals surface area contributed by atoms with Crippen LogP contribution in [0.4, 0.5) is 6.01 Å². The van der Waals surface area contributed by atoms with Gasteiger partial charge < -0.3 is 9.15 Å². The molecule has 26 heavy (non-hydrogen) atoms. The molecule has 0 spiro atoms. The maximum atomic E-state index is 12.0. The highest BCUT2D eigenvalue weighted by atomic mass is 35.5. The summed E-state index contributed by atoms with van der Waals surface area (Å²) in [5.41, 5.74) is 1.47. The van der Waals surface area contributed by atoms with E-state index in [1.165, 1.54) is 6.08 Å². The summed E-state index contributed by atoms with van der Waals surface area (Å²) in [4.78, 5) is 12.0. The summed E-state index contributed by atoms with van der Waals surface area (Å²) in [5.74, 6) is 0.666. The smallest absolute Gasteiger partial charge is 0.322 e. The molecule has 0 atom stereocenters. The zero-order valence-electron chi connectivity index (χ0n) is 14.0. The van der Waals surface area contributed by atoms with Crippen molar-refractivity contribution >= 4 is 29.6 Å². The SMILES string of the molecule is CCOc1ccc(-c2nnc(NC(=O)/C=C/c3ccccc3Cl)o2)cc1. The lowest BCUT2D eigenvalue weighted by atomic mass is 10.2. The second kappa shape index (κ2) is 8.31. The van der Waals surface area contributed by atoms with Crippen molar-refractivity contribution in [2.24, 2.45) is 0 Å². The number of aromatic nitrogens is 2. The third-order valence-corrected chi connectivity index (χ3v) is 3.73. The van der Waals surface area contributed by atoms with E-state index in [1.54, 1.807) is 24.3 Å². The van der Waals surface area contributed by atoms with Crippen molar-refractivity contribution in [1.82, 2.24) is 10.2 Å². The molecule has 3 aromatic rings. The lowest BCUT2D eigenvalue weighted by molar-refractivity contribution is -0.112. The minimum atomic E-state index is -0.396. The molecule has 0 radical (unpaired) electrons. The summed E-state index contributed by atoms with van der Waals surface area (Å²) < 4.78 is 10.8. The Labute approximate surface area is 155 Å². The lowest BCUT2D eigenvalue weighted by Gasteiger charge is -2.02. The molecule has 0 aliphatic rings.